The Bertz CT molecular complexity index is 842. The van der Waals surface area contributed by atoms with Crippen LogP contribution in [0.15, 0.2) is 59.1 Å². The van der Waals surface area contributed by atoms with Crippen LogP contribution in [0.5, 0.6) is 0 Å². The van der Waals surface area contributed by atoms with Crippen LogP contribution >= 0.6 is 15.9 Å². The van der Waals surface area contributed by atoms with Crippen LogP contribution in [0.2, 0.25) is 0 Å². The second-order valence-corrected chi connectivity index (χ2v) is 5.78. The van der Waals surface area contributed by atoms with Crippen molar-refractivity contribution in [2.45, 2.75) is 6.18 Å². The van der Waals surface area contributed by atoms with E-state index >= 15 is 0 Å². The Morgan fingerprint density at radius 2 is 1.70 bits per heavy atom. The van der Waals surface area contributed by atoms with Gasteiger partial charge in [0, 0.05) is 4.47 Å². The average Bonchev–Trinajstić information content (AvgIpc) is 2.86. The molecule has 0 aliphatic carbocycles. The lowest BCUT2D eigenvalue weighted by atomic mass is 10.1. The Morgan fingerprint density at radius 1 is 1.00 bits per heavy atom. The van der Waals surface area contributed by atoms with Gasteiger partial charge >= 0.3 is 6.18 Å². The molecule has 0 spiro atoms. The van der Waals surface area contributed by atoms with Crippen molar-refractivity contribution in [3.05, 3.63) is 64.8 Å². The number of nitrogens with zero attached hydrogens (tertiary/aromatic N) is 2. The summed E-state index contributed by atoms with van der Waals surface area (Å²) in [5.74, 6) is -0.0541. The lowest BCUT2D eigenvalue weighted by molar-refractivity contribution is -0.140. The van der Waals surface area contributed by atoms with Gasteiger partial charge in [-0.2, -0.15) is 18.3 Å². The van der Waals surface area contributed by atoms with E-state index in [1.165, 1.54) is 0 Å². The summed E-state index contributed by atoms with van der Waals surface area (Å²) in [5, 5.41) is 3.71. The van der Waals surface area contributed by atoms with E-state index in [0.717, 1.165) is 4.68 Å². The van der Waals surface area contributed by atoms with Crippen molar-refractivity contribution in [2.24, 2.45) is 0 Å². The molecule has 7 heteroatoms. The van der Waals surface area contributed by atoms with Crippen molar-refractivity contribution in [3.63, 3.8) is 0 Å². The topological polar surface area (TPSA) is 43.8 Å². The fourth-order valence-corrected chi connectivity index (χ4v) is 2.72. The van der Waals surface area contributed by atoms with Gasteiger partial charge in [0.2, 0.25) is 0 Å². The SMILES string of the molecule is Nc1c(-c2cccc(Br)c2)c(C(F)(F)F)nn1-c1ccccc1. The maximum Gasteiger partial charge on any atom is 0.435 e. The van der Waals surface area contributed by atoms with E-state index < -0.39 is 11.9 Å². The van der Waals surface area contributed by atoms with E-state index in [9.17, 15) is 13.2 Å². The molecule has 1 aromatic heterocycles. The molecule has 0 saturated carbocycles. The first-order valence-electron chi connectivity index (χ1n) is 6.65. The van der Waals surface area contributed by atoms with Gasteiger partial charge in [0.25, 0.3) is 0 Å². The average molecular weight is 382 g/mol. The largest absolute Gasteiger partial charge is 0.435 e. The zero-order valence-corrected chi connectivity index (χ0v) is 13.3. The van der Waals surface area contributed by atoms with Crippen LogP contribution < -0.4 is 5.73 Å². The zero-order valence-electron chi connectivity index (χ0n) is 11.7. The Hall–Kier alpha value is -2.28. The molecule has 0 fully saturated rings. The fraction of sp³-hybridized carbons (Fsp3) is 0.0625. The van der Waals surface area contributed by atoms with E-state index in [4.69, 9.17) is 5.73 Å². The molecule has 1 heterocycles. The van der Waals surface area contributed by atoms with Crippen LogP contribution in [-0.4, -0.2) is 9.78 Å². The van der Waals surface area contributed by atoms with Crippen LogP contribution in [0.1, 0.15) is 5.69 Å². The van der Waals surface area contributed by atoms with E-state index in [0.29, 0.717) is 15.7 Å². The molecule has 23 heavy (non-hydrogen) atoms. The molecule has 3 rings (SSSR count). The molecule has 0 aliphatic heterocycles. The molecular weight excluding hydrogens is 371 g/mol. The molecule has 0 bridgehead atoms. The molecule has 2 N–H and O–H groups in total. The lowest BCUT2D eigenvalue weighted by Crippen LogP contribution is -2.08. The van der Waals surface area contributed by atoms with Crippen molar-refractivity contribution in [3.8, 4) is 16.8 Å². The van der Waals surface area contributed by atoms with Crippen LogP contribution in [0.25, 0.3) is 16.8 Å². The maximum absolute atomic E-state index is 13.4. The van der Waals surface area contributed by atoms with Crippen molar-refractivity contribution in [1.29, 1.82) is 0 Å². The standard InChI is InChI=1S/C16H11BrF3N3/c17-11-6-4-5-10(9-11)13-14(16(18,19)20)22-23(15(13)21)12-7-2-1-3-8-12/h1-9H,21H2. The second kappa shape index (κ2) is 5.73. The fourth-order valence-electron chi connectivity index (χ4n) is 2.32. The van der Waals surface area contributed by atoms with Gasteiger partial charge < -0.3 is 5.73 Å². The summed E-state index contributed by atoms with van der Waals surface area (Å²) >= 11 is 3.26. The molecule has 0 radical (unpaired) electrons. The van der Waals surface area contributed by atoms with Gasteiger partial charge in [0.05, 0.1) is 11.3 Å². The third-order valence-corrected chi connectivity index (χ3v) is 3.80. The van der Waals surface area contributed by atoms with Crippen molar-refractivity contribution < 1.29 is 13.2 Å². The first kappa shape index (κ1) is 15.6. The summed E-state index contributed by atoms with van der Waals surface area (Å²) in [4.78, 5) is 0. The summed E-state index contributed by atoms with van der Waals surface area (Å²) in [7, 11) is 0. The highest BCUT2D eigenvalue weighted by atomic mass is 79.9. The van der Waals surface area contributed by atoms with E-state index in [-0.39, 0.29) is 11.4 Å². The second-order valence-electron chi connectivity index (χ2n) is 4.86. The maximum atomic E-state index is 13.4. The number of halogens is 4. The quantitative estimate of drug-likeness (QED) is 0.685. The molecular formula is C16H11BrF3N3. The highest BCUT2D eigenvalue weighted by Gasteiger charge is 2.39. The minimum Gasteiger partial charge on any atom is -0.383 e. The Kier molecular flexibility index (Phi) is 3.89. The van der Waals surface area contributed by atoms with E-state index in [1.807, 2.05) is 0 Å². The highest BCUT2D eigenvalue weighted by molar-refractivity contribution is 9.10. The van der Waals surface area contributed by atoms with Crippen LogP contribution in [-0.2, 0) is 6.18 Å². The Labute approximate surface area is 138 Å². The Morgan fingerprint density at radius 3 is 2.30 bits per heavy atom. The molecule has 3 aromatic rings. The molecule has 0 saturated heterocycles. The predicted molar refractivity (Wildman–Crippen MR) is 86.1 cm³/mol. The van der Waals surface area contributed by atoms with Gasteiger partial charge in [-0.15, -0.1) is 0 Å². The molecule has 0 unspecified atom stereocenters. The Balaban J connectivity index is 2.28. The molecule has 118 valence electrons. The van der Waals surface area contributed by atoms with Gasteiger partial charge in [-0.3, -0.25) is 0 Å². The van der Waals surface area contributed by atoms with Gasteiger partial charge in [0.15, 0.2) is 5.69 Å². The smallest absolute Gasteiger partial charge is 0.383 e. The summed E-state index contributed by atoms with van der Waals surface area (Å²) in [6, 6.07) is 15.0. The first-order valence-corrected chi connectivity index (χ1v) is 7.44. The predicted octanol–water partition coefficient (Wildman–Crippen LogP) is 4.90. The summed E-state index contributed by atoms with van der Waals surface area (Å²) in [6.07, 6.45) is -4.61. The van der Waals surface area contributed by atoms with Gasteiger partial charge in [-0.25, -0.2) is 4.68 Å². The van der Waals surface area contributed by atoms with Gasteiger partial charge in [-0.1, -0.05) is 46.3 Å². The first-order chi connectivity index (χ1) is 10.9. The minimum atomic E-state index is -4.61. The van der Waals surface area contributed by atoms with Gasteiger partial charge in [-0.05, 0) is 29.8 Å². The van der Waals surface area contributed by atoms with Crippen LogP contribution in [0.4, 0.5) is 19.0 Å². The van der Waals surface area contributed by atoms with Crippen LogP contribution in [0, 0.1) is 0 Å². The number of nitrogens with two attached hydrogens (primary N) is 1. The molecule has 2 aromatic carbocycles. The number of anilines is 1. The summed E-state index contributed by atoms with van der Waals surface area (Å²) < 4.78 is 42.0. The minimum absolute atomic E-state index is 0.0541. The number of rotatable bonds is 2. The van der Waals surface area contributed by atoms with E-state index in [1.54, 1.807) is 54.6 Å². The normalized spacial score (nSPS) is 11.7. The van der Waals surface area contributed by atoms with Gasteiger partial charge in [0.1, 0.15) is 5.82 Å². The number of benzene rings is 2. The van der Waals surface area contributed by atoms with E-state index in [2.05, 4.69) is 21.0 Å². The molecule has 3 nitrogen and oxygen atoms in total. The number of para-hydroxylation sites is 1. The number of nitrogen functional groups attached to an aromatic ring is 1. The lowest BCUT2D eigenvalue weighted by Gasteiger charge is -2.07. The zero-order chi connectivity index (χ0) is 16.6. The van der Waals surface area contributed by atoms with Crippen molar-refractivity contribution in [1.82, 2.24) is 9.78 Å². The number of hydrogen-bond acceptors (Lipinski definition) is 2. The molecule has 0 aliphatic rings. The summed E-state index contributed by atoms with van der Waals surface area (Å²) in [5.41, 5.74) is 5.70. The van der Waals surface area contributed by atoms with Crippen molar-refractivity contribution in [2.75, 3.05) is 5.73 Å². The monoisotopic (exact) mass is 381 g/mol. The highest BCUT2D eigenvalue weighted by Crippen LogP contribution is 2.41. The number of hydrogen-bond donors (Lipinski definition) is 1. The third-order valence-electron chi connectivity index (χ3n) is 3.30. The van der Waals surface area contributed by atoms with Crippen molar-refractivity contribution >= 4 is 21.7 Å². The summed E-state index contributed by atoms with van der Waals surface area (Å²) in [6.45, 7) is 0. The van der Waals surface area contributed by atoms with Crippen LogP contribution in [0.3, 0.4) is 0 Å². The molecule has 0 atom stereocenters. The number of alkyl halides is 3. The third kappa shape index (κ3) is 2.96. The number of aromatic nitrogens is 2. The molecule has 0 amide bonds.